The Hall–Kier alpha value is -2.10. The zero-order chi connectivity index (χ0) is 14.7. The topological polar surface area (TPSA) is 44.2 Å². The zero-order valence-electron chi connectivity index (χ0n) is 12.7. The summed E-state index contributed by atoms with van der Waals surface area (Å²) in [5, 5.41) is 0. The maximum Gasteiger partial charge on any atom is 0.132 e. The molecule has 0 aliphatic rings. The Morgan fingerprint density at radius 1 is 1.00 bits per heavy atom. The minimum absolute atomic E-state index is 0.752. The van der Waals surface area contributed by atoms with Gasteiger partial charge in [-0.05, 0) is 38.0 Å². The quantitative estimate of drug-likeness (QED) is 0.856. The number of benzene rings is 1. The lowest BCUT2D eigenvalue weighted by Gasteiger charge is -2.16. The number of aryl methyl sites for hydroxylation is 2. The lowest BCUT2D eigenvalue weighted by atomic mass is 10.0. The average molecular weight is 272 g/mol. The number of nitrogens with zero attached hydrogens (tertiary/aromatic N) is 2. The van der Waals surface area contributed by atoms with Crippen LogP contribution in [0.25, 0.3) is 11.3 Å². The summed E-state index contributed by atoms with van der Waals surface area (Å²) in [6, 6.07) is 5.75. The van der Waals surface area contributed by atoms with Crippen LogP contribution in [-0.4, -0.2) is 24.2 Å². The summed E-state index contributed by atoms with van der Waals surface area (Å²) in [5.74, 6) is 2.27. The standard InChI is InChI=1S/C16H20N2O2/c1-6-12-10(2)17-11(3)18-16(12)15-13(19-4)8-7-9-14(15)20-5/h7-9H,6H2,1-5H3. The van der Waals surface area contributed by atoms with Gasteiger partial charge in [0.15, 0.2) is 0 Å². The second-order valence-corrected chi connectivity index (χ2v) is 4.57. The Kier molecular flexibility index (Phi) is 4.23. The first-order chi connectivity index (χ1) is 9.62. The summed E-state index contributed by atoms with van der Waals surface area (Å²) >= 11 is 0. The second-order valence-electron chi connectivity index (χ2n) is 4.57. The lowest BCUT2D eigenvalue weighted by Crippen LogP contribution is -2.04. The van der Waals surface area contributed by atoms with Crippen LogP contribution < -0.4 is 9.47 Å². The van der Waals surface area contributed by atoms with Gasteiger partial charge < -0.3 is 9.47 Å². The van der Waals surface area contributed by atoms with Crippen LogP contribution in [0.2, 0.25) is 0 Å². The van der Waals surface area contributed by atoms with Gasteiger partial charge in [-0.2, -0.15) is 0 Å². The van der Waals surface area contributed by atoms with E-state index < -0.39 is 0 Å². The molecule has 0 amide bonds. The Morgan fingerprint density at radius 3 is 2.10 bits per heavy atom. The van der Waals surface area contributed by atoms with E-state index in [-0.39, 0.29) is 0 Å². The highest BCUT2D eigenvalue weighted by molar-refractivity contribution is 5.77. The van der Waals surface area contributed by atoms with E-state index >= 15 is 0 Å². The number of hydrogen-bond acceptors (Lipinski definition) is 4. The van der Waals surface area contributed by atoms with Gasteiger partial charge in [-0.3, -0.25) is 0 Å². The molecule has 0 saturated carbocycles. The monoisotopic (exact) mass is 272 g/mol. The molecule has 0 unspecified atom stereocenters. The molecule has 1 heterocycles. The Bertz CT molecular complexity index is 602. The molecule has 2 rings (SSSR count). The molecule has 0 aliphatic heterocycles. The van der Waals surface area contributed by atoms with Crippen molar-refractivity contribution in [3.05, 3.63) is 35.3 Å². The third-order valence-corrected chi connectivity index (χ3v) is 3.34. The van der Waals surface area contributed by atoms with Crippen LogP contribution in [0.4, 0.5) is 0 Å². The summed E-state index contributed by atoms with van der Waals surface area (Å²) in [7, 11) is 3.32. The van der Waals surface area contributed by atoms with Crippen LogP contribution in [0, 0.1) is 13.8 Å². The number of hydrogen-bond donors (Lipinski definition) is 0. The molecule has 0 N–H and O–H groups in total. The summed E-state index contributed by atoms with van der Waals surface area (Å²) in [6.07, 6.45) is 0.864. The smallest absolute Gasteiger partial charge is 0.132 e. The van der Waals surface area contributed by atoms with Gasteiger partial charge in [-0.1, -0.05) is 13.0 Å². The Labute approximate surface area is 119 Å². The fourth-order valence-electron chi connectivity index (χ4n) is 2.45. The van der Waals surface area contributed by atoms with Crippen LogP contribution in [0.1, 0.15) is 24.0 Å². The van der Waals surface area contributed by atoms with Gasteiger partial charge in [0.1, 0.15) is 17.3 Å². The van der Waals surface area contributed by atoms with Gasteiger partial charge in [-0.15, -0.1) is 0 Å². The molecular formula is C16H20N2O2. The molecule has 0 spiro atoms. The Balaban J connectivity index is 2.80. The maximum atomic E-state index is 5.48. The van der Waals surface area contributed by atoms with Crippen LogP contribution >= 0.6 is 0 Å². The first-order valence-electron chi connectivity index (χ1n) is 6.67. The van der Waals surface area contributed by atoms with Crippen molar-refractivity contribution in [1.82, 2.24) is 9.97 Å². The SMILES string of the molecule is CCc1c(C)nc(C)nc1-c1c(OC)cccc1OC. The third-order valence-electron chi connectivity index (χ3n) is 3.34. The van der Waals surface area contributed by atoms with E-state index in [2.05, 4.69) is 16.9 Å². The second kappa shape index (κ2) is 5.90. The van der Waals surface area contributed by atoms with Gasteiger partial charge in [0.25, 0.3) is 0 Å². The van der Waals surface area contributed by atoms with Gasteiger partial charge in [0.05, 0.1) is 25.5 Å². The van der Waals surface area contributed by atoms with Crippen LogP contribution in [0.15, 0.2) is 18.2 Å². The normalized spacial score (nSPS) is 10.4. The van der Waals surface area contributed by atoms with E-state index in [1.807, 2.05) is 32.0 Å². The fourth-order valence-corrected chi connectivity index (χ4v) is 2.45. The minimum Gasteiger partial charge on any atom is -0.496 e. The number of rotatable bonds is 4. The van der Waals surface area contributed by atoms with E-state index in [0.717, 1.165) is 46.3 Å². The first-order valence-corrected chi connectivity index (χ1v) is 6.67. The van der Waals surface area contributed by atoms with E-state index in [0.29, 0.717) is 0 Å². The van der Waals surface area contributed by atoms with Crippen molar-refractivity contribution in [3.63, 3.8) is 0 Å². The van der Waals surface area contributed by atoms with Gasteiger partial charge >= 0.3 is 0 Å². The summed E-state index contributed by atoms with van der Waals surface area (Å²) in [6.45, 7) is 6.02. The molecular weight excluding hydrogens is 252 g/mol. The van der Waals surface area contributed by atoms with Gasteiger partial charge in [0, 0.05) is 5.69 Å². The van der Waals surface area contributed by atoms with Crippen LogP contribution in [0.3, 0.4) is 0 Å². The van der Waals surface area contributed by atoms with Crippen molar-refractivity contribution >= 4 is 0 Å². The zero-order valence-corrected chi connectivity index (χ0v) is 12.7. The van der Waals surface area contributed by atoms with Crippen molar-refractivity contribution < 1.29 is 9.47 Å². The highest BCUT2D eigenvalue weighted by Crippen LogP contribution is 2.39. The maximum absolute atomic E-state index is 5.48. The van der Waals surface area contributed by atoms with Crippen LogP contribution in [-0.2, 0) is 6.42 Å². The summed E-state index contributed by atoms with van der Waals surface area (Å²) < 4.78 is 11.0. The molecule has 0 atom stereocenters. The van der Waals surface area contributed by atoms with E-state index in [9.17, 15) is 0 Å². The predicted octanol–water partition coefficient (Wildman–Crippen LogP) is 3.34. The first kappa shape index (κ1) is 14.3. The molecule has 1 aromatic heterocycles. The molecule has 0 aliphatic carbocycles. The molecule has 4 heteroatoms. The van der Waals surface area contributed by atoms with E-state index in [4.69, 9.17) is 9.47 Å². The summed E-state index contributed by atoms with van der Waals surface area (Å²) in [4.78, 5) is 9.07. The number of ether oxygens (including phenoxy) is 2. The van der Waals surface area contributed by atoms with Crippen molar-refractivity contribution in [2.75, 3.05) is 14.2 Å². The fraction of sp³-hybridized carbons (Fsp3) is 0.375. The molecule has 0 saturated heterocycles. The van der Waals surface area contributed by atoms with E-state index in [1.165, 1.54) is 0 Å². The molecule has 20 heavy (non-hydrogen) atoms. The summed E-state index contributed by atoms with van der Waals surface area (Å²) in [5.41, 5.74) is 3.91. The van der Waals surface area contributed by atoms with Crippen molar-refractivity contribution in [1.29, 1.82) is 0 Å². The molecule has 0 fully saturated rings. The molecule has 0 radical (unpaired) electrons. The average Bonchev–Trinajstić information content (AvgIpc) is 2.45. The molecule has 1 aromatic carbocycles. The lowest BCUT2D eigenvalue weighted by molar-refractivity contribution is 0.397. The molecule has 4 nitrogen and oxygen atoms in total. The largest absolute Gasteiger partial charge is 0.496 e. The highest BCUT2D eigenvalue weighted by Gasteiger charge is 2.18. The predicted molar refractivity (Wildman–Crippen MR) is 79.4 cm³/mol. The van der Waals surface area contributed by atoms with Gasteiger partial charge in [-0.25, -0.2) is 9.97 Å². The van der Waals surface area contributed by atoms with Gasteiger partial charge in [0.2, 0.25) is 0 Å². The number of methoxy groups -OCH3 is 2. The number of aromatic nitrogens is 2. The third kappa shape index (κ3) is 2.46. The highest BCUT2D eigenvalue weighted by atomic mass is 16.5. The molecule has 106 valence electrons. The van der Waals surface area contributed by atoms with Crippen molar-refractivity contribution in [2.45, 2.75) is 27.2 Å². The Morgan fingerprint density at radius 2 is 1.60 bits per heavy atom. The molecule has 0 bridgehead atoms. The van der Waals surface area contributed by atoms with E-state index in [1.54, 1.807) is 14.2 Å². The van der Waals surface area contributed by atoms with Crippen molar-refractivity contribution in [3.8, 4) is 22.8 Å². The van der Waals surface area contributed by atoms with Crippen molar-refractivity contribution in [2.24, 2.45) is 0 Å². The minimum atomic E-state index is 0.752. The van der Waals surface area contributed by atoms with Crippen LogP contribution in [0.5, 0.6) is 11.5 Å². The molecule has 2 aromatic rings.